The van der Waals surface area contributed by atoms with Gasteiger partial charge < -0.3 is 10.6 Å². The van der Waals surface area contributed by atoms with Crippen LogP contribution in [0.4, 0.5) is 5.69 Å². The van der Waals surface area contributed by atoms with Crippen molar-refractivity contribution < 1.29 is 4.79 Å². The number of hydrogen-bond donors (Lipinski definition) is 2. The monoisotopic (exact) mass is 289 g/mol. The van der Waals surface area contributed by atoms with Gasteiger partial charge in [0.15, 0.2) is 0 Å². The first-order valence-corrected chi connectivity index (χ1v) is 7.44. The number of nitrogens with zero attached hydrogens (tertiary/aromatic N) is 1. The third kappa shape index (κ3) is 4.75. The summed E-state index contributed by atoms with van der Waals surface area (Å²) in [7, 11) is 0. The molecule has 106 valence electrons. The molecule has 5 heteroatoms. The highest BCUT2D eigenvalue weighted by Gasteiger charge is 2.09. The van der Waals surface area contributed by atoms with Crippen LogP contribution in [-0.2, 0) is 11.3 Å². The lowest BCUT2D eigenvalue weighted by Gasteiger charge is -2.12. The summed E-state index contributed by atoms with van der Waals surface area (Å²) in [5, 5.41) is 7.25. The lowest BCUT2D eigenvalue weighted by molar-refractivity contribution is -0.116. The first-order chi connectivity index (χ1) is 9.63. The zero-order valence-electron chi connectivity index (χ0n) is 11.7. The van der Waals surface area contributed by atoms with Crippen LogP contribution in [0.25, 0.3) is 0 Å². The smallest absolute Gasteiger partial charge is 0.225 e. The molecule has 1 aromatic carbocycles. The van der Waals surface area contributed by atoms with Gasteiger partial charge in [0, 0.05) is 35.8 Å². The summed E-state index contributed by atoms with van der Waals surface area (Å²) in [6.07, 6.45) is 2.31. The molecule has 2 rings (SSSR count). The Balaban J connectivity index is 1.73. The SMILES string of the molecule is Cc1cnc(CNC(C)CC(=O)Nc2ccccc2)s1. The number of aromatic nitrogens is 1. The predicted molar refractivity (Wildman–Crippen MR) is 82.8 cm³/mol. The van der Waals surface area contributed by atoms with Crippen molar-refractivity contribution in [2.24, 2.45) is 0 Å². The zero-order chi connectivity index (χ0) is 14.4. The van der Waals surface area contributed by atoms with Crippen LogP contribution in [0.3, 0.4) is 0 Å². The van der Waals surface area contributed by atoms with Crippen molar-refractivity contribution in [1.82, 2.24) is 10.3 Å². The van der Waals surface area contributed by atoms with Gasteiger partial charge in [-0.3, -0.25) is 4.79 Å². The second-order valence-corrected chi connectivity index (χ2v) is 6.08. The average molecular weight is 289 g/mol. The minimum Gasteiger partial charge on any atom is -0.326 e. The highest BCUT2D eigenvalue weighted by molar-refractivity contribution is 7.11. The van der Waals surface area contributed by atoms with E-state index in [2.05, 4.69) is 15.6 Å². The fourth-order valence-electron chi connectivity index (χ4n) is 1.83. The van der Waals surface area contributed by atoms with Gasteiger partial charge in [-0.25, -0.2) is 4.98 Å². The van der Waals surface area contributed by atoms with Crippen molar-refractivity contribution in [2.45, 2.75) is 32.9 Å². The van der Waals surface area contributed by atoms with Gasteiger partial charge in [0.25, 0.3) is 0 Å². The topological polar surface area (TPSA) is 54.0 Å². The van der Waals surface area contributed by atoms with Gasteiger partial charge in [-0.15, -0.1) is 11.3 Å². The highest BCUT2D eigenvalue weighted by Crippen LogP contribution is 2.11. The van der Waals surface area contributed by atoms with E-state index in [-0.39, 0.29) is 11.9 Å². The lowest BCUT2D eigenvalue weighted by Crippen LogP contribution is -2.30. The molecule has 0 saturated carbocycles. The Hall–Kier alpha value is -1.72. The number of hydrogen-bond acceptors (Lipinski definition) is 4. The second kappa shape index (κ2) is 7.17. The average Bonchev–Trinajstić information content (AvgIpc) is 2.83. The molecule has 2 aromatic rings. The molecule has 0 radical (unpaired) electrons. The molecular weight excluding hydrogens is 270 g/mol. The van der Waals surface area contributed by atoms with E-state index in [0.29, 0.717) is 13.0 Å². The van der Waals surface area contributed by atoms with Gasteiger partial charge in [0.1, 0.15) is 5.01 Å². The van der Waals surface area contributed by atoms with E-state index < -0.39 is 0 Å². The molecule has 1 atom stereocenters. The molecule has 1 unspecified atom stereocenters. The molecule has 0 fully saturated rings. The summed E-state index contributed by atoms with van der Waals surface area (Å²) in [4.78, 5) is 17.4. The van der Waals surface area contributed by atoms with Crippen molar-refractivity contribution in [3.63, 3.8) is 0 Å². The van der Waals surface area contributed by atoms with E-state index in [9.17, 15) is 4.79 Å². The third-order valence-electron chi connectivity index (χ3n) is 2.82. The van der Waals surface area contributed by atoms with E-state index in [1.165, 1.54) is 4.88 Å². The summed E-state index contributed by atoms with van der Waals surface area (Å²) in [6, 6.07) is 9.62. The maximum Gasteiger partial charge on any atom is 0.225 e. The molecule has 0 aliphatic carbocycles. The zero-order valence-corrected chi connectivity index (χ0v) is 12.5. The number of carbonyl (C=O) groups excluding carboxylic acids is 1. The van der Waals surface area contributed by atoms with Gasteiger partial charge in [-0.2, -0.15) is 0 Å². The Labute approximate surface area is 123 Å². The molecule has 0 aliphatic heterocycles. The Bertz CT molecular complexity index is 553. The van der Waals surface area contributed by atoms with Gasteiger partial charge in [0.05, 0.1) is 0 Å². The van der Waals surface area contributed by atoms with E-state index >= 15 is 0 Å². The fourth-order valence-corrected chi connectivity index (χ4v) is 2.57. The predicted octanol–water partition coefficient (Wildman–Crippen LogP) is 2.96. The highest BCUT2D eigenvalue weighted by atomic mass is 32.1. The van der Waals surface area contributed by atoms with Crippen LogP contribution < -0.4 is 10.6 Å². The number of benzene rings is 1. The van der Waals surface area contributed by atoms with Crippen LogP contribution >= 0.6 is 11.3 Å². The molecular formula is C15H19N3OS. The molecule has 0 aliphatic rings. The minimum atomic E-state index is 0.0199. The minimum absolute atomic E-state index is 0.0199. The van der Waals surface area contributed by atoms with E-state index in [4.69, 9.17) is 0 Å². The number of para-hydroxylation sites is 1. The molecule has 1 amide bonds. The first-order valence-electron chi connectivity index (χ1n) is 6.63. The van der Waals surface area contributed by atoms with Crippen molar-refractivity contribution in [2.75, 3.05) is 5.32 Å². The molecule has 1 heterocycles. The number of thiazole rings is 1. The van der Waals surface area contributed by atoms with Crippen LogP contribution in [0.5, 0.6) is 0 Å². The summed E-state index contributed by atoms with van der Waals surface area (Å²) >= 11 is 1.68. The third-order valence-corrected chi connectivity index (χ3v) is 3.73. The van der Waals surface area contributed by atoms with Crippen LogP contribution in [0.2, 0.25) is 0 Å². The van der Waals surface area contributed by atoms with Crippen LogP contribution in [0.15, 0.2) is 36.5 Å². The van der Waals surface area contributed by atoms with Crippen LogP contribution in [0.1, 0.15) is 23.2 Å². The largest absolute Gasteiger partial charge is 0.326 e. The number of aryl methyl sites for hydroxylation is 1. The summed E-state index contributed by atoms with van der Waals surface area (Å²) < 4.78 is 0. The van der Waals surface area contributed by atoms with E-state index in [1.807, 2.05) is 50.4 Å². The number of nitrogens with one attached hydrogen (secondary N) is 2. The maximum absolute atomic E-state index is 11.9. The Morgan fingerprint density at radius 2 is 2.10 bits per heavy atom. The van der Waals surface area contributed by atoms with Crippen molar-refractivity contribution in [1.29, 1.82) is 0 Å². The van der Waals surface area contributed by atoms with Gasteiger partial charge in [-0.05, 0) is 26.0 Å². The number of rotatable bonds is 6. The number of carbonyl (C=O) groups is 1. The molecule has 0 spiro atoms. The van der Waals surface area contributed by atoms with Crippen molar-refractivity contribution in [3.8, 4) is 0 Å². The van der Waals surface area contributed by atoms with Crippen molar-refractivity contribution >= 4 is 22.9 Å². The molecule has 4 nitrogen and oxygen atoms in total. The molecule has 0 bridgehead atoms. The van der Waals surface area contributed by atoms with Crippen LogP contribution in [0, 0.1) is 6.92 Å². The molecule has 2 N–H and O–H groups in total. The summed E-state index contributed by atoms with van der Waals surface area (Å²) in [5.74, 6) is 0.0199. The molecule has 20 heavy (non-hydrogen) atoms. The lowest BCUT2D eigenvalue weighted by atomic mass is 10.2. The fraction of sp³-hybridized carbons (Fsp3) is 0.333. The maximum atomic E-state index is 11.9. The van der Waals surface area contributed by atoms with E-state index in [0.717, 1.165) is 10.7 Å². The number of amides is 1. The quantitative estimate of drug-likeness (QED) is 0.859. The molecule has 0 saturated heterocycles. The number of anilines is 1. The Morgan fingerprint density at radius 3 is 2.75 bits per heavy atom. The first kappa shape index (κ1) is 14.7. The summed E-state index contributed by atoms with van der Waals surface area (Å²) in [5.41, 5.74) is 0.834. The van der Waals surface area contributed by atoms with Gasteiger partial charge in [-0.1, -0.05) is 18.2 Å². The normalized spacial score (nSPS) is 12.1. The van der Waals surface area contributed by atoms with E-state index in [1.54, 1.807) is 11.3 Å². The van der Waals surface area contributed by atoms with Crippen molar-refractivity contribution in [3.05, 3.63) is 46.4 Å². The standard InChI is InChI=1S/C15H19N3OS/c1-11(16-10-15-17-9-12(2)20-15)8-14(19)18-13-6-4-3-5-7-13/h3-7,9,11,16H,8,10H2,1-2H3,(H,18,19). The molecule has 1 aromatic heterocycles. The summed E-state index contributed by atoms with van der Waals surface area (Å²) in [6.45, 7) is 4.75. The van der Waals surface area contributed by atoms with Crippen LogP contribution in [-0.4, -0.2) is 16.9 Å². The van der Waals surface area contributed by atoms with Gasteiger partial charge in [0.2, 0.25) is 5.91 Å². The van der Waals surface area contributed by atoms with Gasteiger partial charge >= 0.3 is 0 Å². The second-order valence-electron chi connectivity index (χ2n) is 4.76. The Kier molecular flexibility index (Phi) is 5.26. The Morgan fingerprint density at radius 1 is 1.35 bits per heavy atom.